The van der Waals surface area contributed by atoms with Crippen molar-refractivity contribution in [2.24, 2.45) is 5.41 Å². The van der Waals surface area contributed by atoms with E-state index in [2.05, 4.69) is 32.8 Å². The first-order valence-electron chi connectivity index (χ1n) is 7.44. The van der Waals surface area contributed by atoms with Crippen LogP contribution in [0.15, 0.2) is 18.2 Å². The Bertz CT molecular complexity index is 820. The first kappa shape index (κ1) is 14.7. The number of likely N-dealkylation sites (tertiary alicyclic amines) is 1. The minimum absolute atomic E-state index is 0.0408. The second-order valence-electron chi connectivity index (χ2n) is 6.19. The zero-order chi connectivity index (χ0) is 16.2. The predicted octanol–water partition coefficient (Wildman–Crippen LogP) is 2.27. The van der Waals surface area contributed by atoms with Gasteiger partial charge in [0.05, 0.1) is 10.9 Å². The third-order valence-electron chi connectivity index (χ3n) is 4.95. The SMILES string of the molecule is O=C(O)N1CCC2(CCN(c3ccc4[nH]nc(I)c4c3)C2=O)C1. The highest BCUT2D eigenvalue weighted by Gasteiger charge is 2.52. The molecule has 0 aliphatic carbocycles. The van der Waals surface area contributed by atoms with Gasteiger partial charge in [-0.1, -0.05) is 0 Å². The van der Waals surface area contributed by atoms with E-state index in [1.807, 2.05) is 18.2 Å². The molecule has 1 atom stereocenters. The molecule has 2 saturated heterocycles. The van der Waals surface area contributed by atoms with Gasteiger partial charge in [-0.05, 0) is 53.6 Å². The van der Waals surface area contributed by atoms with Gasteiger partial charge in [-0.15, -0.1) is 0 Å². The Kier molecular flexibility index (Phi) is 3.26. The Balaban J connectivity index is 1.64. The van der Waals surface area contributed by atoms with E-state index in [4.69, 9.17) is 5.11 Å². The minimum atomic E-state index is -0.942. The molecule has 3 heterocycles. The van der Waals surface area contributed by atoms with Gasteiger partial charge < -0.3 is 14.9 Å². The van der Waals surface area contributed by atoms with Crippen molar-refractivity contribution < 1.29 is 14.7 Å². The van der Waals surface area contributed by atoms with Gasteiger partial charge in [0.25, 0.3) is 0 Å². The Labute approximate surface area is 145 Å². The van der Waals surface area contributed by atoms with Crippen LogP contribution in [0.3, 0.4) is 0 Å². The number of carbonyl (C=O) groups is 2. The Morgan fingerprint density at radius 3 is 2.87 bits per heavy atom. The number of carbonyl (C=O) groups excluding carboxylic acids is 1. The number of anilines is 1. The average molecular weight is 426 g/mol. The van der Waals surface area contributed by atoms with E-state index in [9.17, 15) is 9.59 Å². The number of halogens is 1. The van der Waals surface area contributed by atoms with Gasteiger partial charge in [-0.3, -0.25) is 9.89 Å². The molecule has 2 aromatic rings. The largest absolute Gasteiger partial charge is 0.465 e. The highest BCUT2D eigenvalue weighted by molar-refractivity contribution is 14.1. The van der Waals surface area contributed by atoms with Crippen LogP contribution in [0.4, 0.5) is 10.5 Å². The maximum atomic E-state index is 12.9. The highest BCUT2D eigenvalue weighted by atomic mass is 127. The van der Waals surface area contributed by atoms with E-state index >= 15 is 0 Å². The van der Waals surface area contributed by atoms with Crippen molar-refractivity contribution in [3.05, 3.63) is 21.9 Å². The lowest BCUT2D eigenvalue weighted by Crippen LogP contribution is -2.38. The number of amides is 2. The van der Waals surface area contributed by atoms with Crippen molar-refractivity contribution in [3.63, 3.8) is 0 Å². The molecule has 1 unspecified atom stereocenters. The molecular formula is C15H15IN4O3. The summed E-state index contributed by atoms with van der Waals surface area (Å²) in [5, 5.41) is 17.3. The minimum Gasteiger partial charge on any atom is -0.465 e. The quantitative estimate of drug-likeness (QED) is 0.685. The average Bonchev–Trinajstić information content (AvgIpc) is 3.21. The summed E-state index contributed by atoms with van der Waals surface area (Å²) in [6.07, 6.45) is 0.374. The van der Waals surface area contributed by atoms with Gasteiger partial charge in [0.15, 0.2) is 0 Å². The molecular weight excluding hydrogens is 411 g/mol. The molecule has 8 heteroatoms. The fourth-order valence-corrected chi connectivity index (χ4v) is 4.19. The molecule has 1 aromatic carbocycles. The summed E-state index contributed by atoms with van der Waals surface area (Å²) in [4.78, 5) is 27.2. The molecule has 2 aliphatic rings. The number of aromatic nitrogens is 2. The summed E-state index contributed by atoms with van der Waals surface area (Å²) in [6.45, 7) is 1.38. The number of hydrogen-bond acceptors (Lipinski definition) is 3. The molecule has 2 N–H and O–H groups in total. The van der Waals surface area contributed by atoms with Crippen molar-refractivity contribution in [1.29, 1.82) is 0 Å². The summed E-state index contributed by atoms with van der Waals surface area (Å²) in [5.74, 6) is 0.0408. The van der Waals surface area contributed by atoms with Gasteiger partial charge in [0.2, 0.25) is 5.91 Å². The van der Waals surface area contributed by atoms with Crippen LogP contribution in [-0.4, -0.2) is 51.8 Å². The summed E-state index contributed by atoms with van der Waals surface area (Å²) in [6, 6.07) is 5.81. The number of H-pyrrole nitrogens is 1. The number of hydrogen-bond donors (Lipinski definition) is 2. The standard InChI is InChI=1S/C15H15IN4O3/c16-12-10-7-9(1-2-11(10)17-18-12)20-6-4-15(13(20)21)3-5-19(8-15)14(22)23/h1-2,7H,3-6,8H2,(H,17,18)(H,22,23). The Morgan fingerprint density at radius 2 is 2.13 bits per heavy atom. The van der Waals surface area contributed by atoms with Crippen LogP contribution in [0.2, 0.25) is 0 Å². The third kappa shape index (κ3) is 2.19. The fraction of sp³-hybridized carbons (Fsp3) is 0.400. The van der Waals surface area contributed by atoms with Gasteiger partial charge in [0, 0.05) is 30.7 Å². The van der Waals surface area contributed by atoms with Crippen LogP contribution in [0.25, 0.3) is 10.9 Å². The summed E-state index contributed by atoms with van der Waals surface area (Å²) in [7, 11) is 0. The van der Waals surface area contributed by atoms with Crippen molar-refractivity contribution in [2.75, 3.05) is 24.5 Å². The van der Waals surface area contributed by atoms with Crippen LogP contribution in [0.1, 0.15) is 12.8 Å². The maximum absolute atomic E-state index is 12.9. The molecule has 1 spiro atoms. The van der Waals surface area contributed by atoms with Crippen LogP contribution in [0.5, 0.6) is 0 Å². The number of nitrogens with one attached hydrogen (secondary N) is 1. The number of carboxylic acid groups (broad SMARTS) is 1. The third-order valence-corrected chi connectivity index (χ3v) is 5.77. The molecule has 23 heavy (non-hydrogen) atoms. The topological polar surface area (TPSA) is 89.5 Å². The van der Waals surface area contributed by atoms with Gasteiger partial charge in [-0.2, -0.15) is 5.10 Å². The monoisotopic (exact) mass is 426 g/mol. The van der Waals surface area contributed by atoms with Crippen molar-refractivity contribution in [1.82, 2.24) is 15.1 Å². The lowest BCUT2D eigenvalue weighted by Gasteiger charge is -2.23. The van der Waals surface area contributed by atoms with Crippen molar-refractivity contribution in [3.8, 4) is 0 Å². The van der Waals surface area contributed by atoms with Crippen molar-refractivity contribution in [2.45, 2.75) is 12.8 Å². The Morgan fingerprint density at radius 1 is 1.35 bits per heavy atom. The molecule has 0 saturated carbocycles. The summed E-state index contributed by atoms with van der Waals surface area (Å²) in [5.41, 5.74) is 1.25. The second-order valence-corrected chi connectivity index (χ2v) is 7.21. The molecule has 1 aromatic heterocycles. The van der Waals surface area contributed by atoms with E-state index in [0.717, 1.165) is 20.3 Å². The number of benzene rings is 1. The van der Waals surface area contributed by atoms with E-state index in [-0.39, 0.29) is 5.91 Å². The number of aromatic amines is 1. The highest BCUT2D eigenvalue weighted by Crippen LogP contribution is 2.42. The molecule has 2 amide bonds. The van der Waals surface area contributed by atoms with Crippen molar-refractivity contribution >= 4 is 51.2 Å². The molecule has 4 rings (SSSR count). The van der Waals surface area contributed by atoms with Gasteiger partial charge >= 0.3 is 6.09 Å². The number of rotatable bonds is 1. The molecule has 120 valence electrons. The number of fused-ring (bicyclic) bond motifs is 1. The zero-order valence-corrected chi connectivity index (χ0v) is 14.4. The smallest absolute Gasteiger partial charge is 0.407 e. The maximum Gasteiger partial charge on any atom is 0.407 e. The summed E-state index contributed by atoms with van der Waals surface area (Å²) < 4.78 is 0.874. The second kappa shape index (κ2) is 5.08. The lowest BCUT2D eigenvalue weighted by molar-refractivity contribution is -0.124. The normalized spacial score (nSPS) is 24.3. The van der Waals surface area contributed by atoms with Crippen LogP contribution >= 0.6 is 22.6 Å². The van der Waals surface area contributed by atoms with Crippen LogP contribution in [-0.2, 0) is 4.79 Å². The molecule has 7 nitrogen and oxygen atoms in total. The van der Waals surface area contributed by atoms with E-state index in [1.54, 1.807) is 4.90 Å². The first-order valence-corrected chi connectivity index (χ1v) is 8.51. The summed E-state index contributed by atoms with van der Waals surface area (Å²) >= 11 is 2.16. The number of nitrogens with zero attached hydrogens (tertiary/aromatic N) is 3. The molecule has 2 aliphatic heterocycles. The predicted molar refractivity (Wildman–Crippen MR) is 92.4 cm³/mol. The van der Waals surface area contributed by atoms with Gasteiger partial charge in [0.1, 0.15) is 3.70 Å². The molecule has 0 bridgehead atoms. The fourth-order valence-electron chi connectivity index (χ4n) is 3.62. The Hall–Kier alpha value is -1.84. The van der Waals surface area contributed by atoms with Crippen LogP contribution in [0, 0.1) is 9.12 Å². The van der Waals surface area contributed by atoms with E-state index in [1.165, 1.54) is 4.90 Å². The molecule has 2 fully saturated rings. The zero-order valence-electron chi connectivity index (χ0n) is 12.3. The lowest BCUT2D eigenvalue weighted by atomic mass is 9.85. The molecule has 0 radical (unpaired) electrons. The first-order chi connectivity index (χ1) is 11.0. The van der Waals surface area contributed by atoms with E-state index < -0.39 is 11.5 Å². The van der Waals surface area contributed by atoms with E-state index in [0.29, 0.717) is 32.5 Å². The van der Waals surface area contributed by atoms with Crippen LogP contribution < -0.4 is 4.90 Å². The van der Waals surface area contributed by atoms with Gasteiger partial charge in [-0.25, -0.2) is 4.79 Å².